The predicted octanol–water partition coefficient (Wildman–Crippen LogP) is 1.18. The van der Waals surface area contributed by atoms with Crippen LogP contribution in [-0.2, 0) is 16.0 Å². The summed E-state index contributed by atoms with van der Waals surface area (Å²) in [6.45, 7) is 0. The second kappa shape index (κ2) is 5.90. The number of likely N-dealkylation sites (N-methyl/N-ethyl adjacent to an activating group) is 1. The van der Waals surface area contributed by atoms with Crippen LogP contribution in [0.1, 0.15) is 12.0 Å². The van der Waals surface area contributed by atoms with Crippen molar-refractivity contribution in [1.82, 2.24) is 15.5 Å². The van der Waals surface area contributed by atoms with Gasteiger partial charge in [0.15, 0.2) is 0 Å². The summed E-state index contributed by atoms with van der Waals surface area (Å²) in [7, 11) is 0.904. The minimum atomic E-state index is -5.16. The molecule has 9 heteroatoms. The molecule has 6 nitrogen and oxygen atoms in total. The van der Waals surface area contributed by atoms with E-state index in [0.29, 0.717) is 0 Å². The van der Waals surface area contributed by atoms with Crippen molar-refractivity contribution < 1.29 is 27.6 Å². The van der Waals surface area contributed by atoms with Crippen molar-refractivity contribution >= 4 is 17.8 Å². The van der Waals surface area contributed by atoms with Gasteiger partial charge < -0.3 is 5.32 Å². The fourth-order valence-electron chi connectivity index (χ4n) is 2.16. The summed E-state index contributed by atoms with van der Waals surface area (Å²) in [5.74, 6) is -2.56. The molecule has 1 aromatic rings. The van der Waals surface area contributed by atoms with E-state index in [1.165, 1.54) is 5.32 Å². The first-order valence-electron chi connectivity index (χ1n) is 6.69. The Kier molecular flexibility index (Phi) is 4.31. The lowest BCUT2D eigenvalue weighted by atomic mass is 10.1. The lowest BCUT2D eigenvalue weighted by Crippen LogP contribution is -2.69. The molecule has 0 spiro atoms. The Bertz CT molecular complexity index is 633. The Morgan fingerprint density at radius 2 is 1.87 bits per heavy atom. The van der Waals surface area contributed by atoms with E-state index in [2.05, 4.69) is 0 Å². The third-order valence-corrected chi connectivity index (χ3v) is 3.46. The summed E-state index contributed by atoms with van der Waals surface area (Å²) in [4.78, 5) is 35.3. The maximum absolute atomic E-state index is 13.3. The molecule has 23 heavy (non-hydrogen) atoms. The number of nitrogens with zero attached hydrogens (tertiary/aromatic N) is 1. The molecule has 0 aromatic heterocycles. The van der Waals surface area contributed by atoms with Crippen molar-refractivity contribution in [3.05, 3.63) is 35.9 Å². The lowest BCUT2D eigenvalue weighted by Gasteiger charge is -2.29. The van der Waals surface area contributed by atoms with Gasteiger partial charge in [0.2, 0.25) is 5.91 Å². The van der Waals surface area contributed by atoms with E-state index in [1.807, 2.05) is 0 Å². The molecular formula is C14H14F3N3O3. The van der Waals surface area contributed by atoms with Gasteiger partial charge in [-0.15, -0.1) is 0 Å². The van der Waals surface area contributed by atoms with Crippen LogP contribution in [0, 0.1) is 0 Å². The van der Waals surface area contributed by atoms with Crippen LogP contribution in [0.25, 0.3) is 0 Å². The Balaban J connectivity index is 2.12. The molecule has 1 heterocycles. The monoisotopic (exact) mass is 329 g/mol. The van der Waals surface area contributed by atoms with Crippen LogP contribution in [0.5, 0.6) is 0 Å². The van der Waals surface area contributed by atoms with Gasteiger partial charge in [-0.25, -0.2) is 4.79 Å². The zero-order valence-corrected chi connectivity index (χ0v) is 12.1. The highest BCUT2D eigenvalue weighted by Crippen LogP contribution is 2.33. The van der Waals surface area contributed by atoms with Crippen LogP contribution in [0.4, 0.5) is 18.0 Å². The smallest absolute Gasteiger partial charge is 0.318 e. The first kappa shape index (κ1) is 16.8. The Hall–Kier alpha value is -2.58. The molecule has 1 aliphatic rings. The topological polar surface area (TPSA) is 78.5 Å². The van der Waals surface area contributed by atoms with Gasteiger partial charge in [0.05, 0.1) is 0 Å². The fourth-order valence-corrected chi connectivity index (χ4v) is 2.16. The highest BCUT2D eigenvalue weighted by atomic mass is 19.4. The van der Waals surface area contributed by atoms with Gasteiger partial charge in [-0.2, -0.15) is 13.2 Å². The van der Waals surface area contributed by atoms with Crippen LogP contribution < -0.4 is 10.6 Å². The number of rotatable bonds is 4. The molecule has 1 fully saturated rings. The van der Waals surface area contributed by atoms with Crippen LogP contribution in [0.15, 0.2) is 30.3 Å². The van der Waals surface area contributed by atoms with Crippen LogP contribution in [-0.4, -0.2) is 41.6 Å². The van der Waals surface area contributed by atoms with Gasteiger partial charge in [0.1, 0.15) is 0 Å². The number of alkyl halides is 3. The molecule has 4 amide bonds. The van der Waals surface area contributed by atoms with Crippen molar-refractivity contribution in [1.29, 1.82) is 0 Å². The van der Waals surface area contributed by atoms with Crippen molar-refractivity contribution in [3.8, 4) is 0 Å². The zero-order chi connectivity index (χ0) is 17.3. The summed E-state index contributed by atoms with van der Waals surface area (Å²) in [5.41, 5.74) is -2.64. The molecule has 124 valence electrons. The third kappa shape index (κ3) is 3.13. The van der Waals surface area contributed by atoms with Crippen molar-refractivity contribution in [2.45, 2.75) is 24.7 Å². The number of aryl methyl sites for hydroxylation is 1. The number of amides is 4. The molecule has 1 unspecified atom stereocenters. The average Bonchev–Trinajstić information content (AvgIpc) is 2.71. The van der Waals surface area contributed by atoms with E-state index < -0.39 is 29.7 Å². The number of halogens is 3. The highest BCUT2D eigenvalue weighted by molar-refractivity contribution is 6.08. The zero-order valence-electron chi connectivity index (χ0n) is 12.1. The molecular weight excluding hydrogens is 315 g/mol. The number of nitrogens with one attached hydrogen (secondary N) is 2. The molecule has 2 rings (SSSR count). The third-order valence-electron chi connectivity index (χ3n) is 3.46. The largest absolute Gasteiger partial charge is 0.440 e. The van der Waals surface area contributed by atoms with Crippen molar-refractivity contribution in [2.75, 3.05) is 7.05 Å². The summed E-state index contributed by atoms with van der Waals surface area (Å²) in [6.07, 6.45) is -5.21. The summed E-state index contributed by atoms with van der Waals surface area (Å²) >= 11 is 0. The molecule has 0 radical (unpaired) electrons. The van der Waals surface area contributed by atoms with Gasteiger partial charge in [-0.1, -0.05) is 30.3 Å². The summed E-state index contributed by atoms with van der Waals surface area (Å²) < 4.78 is 39.8. The highest BCUT2D eigenvalue weighted by Gasteiger charge is 2.68. The number of imide groups is 1. The first-order valence-corrected chi connectivity index (χ1v) is 6.69. The van der Waals surface area contributed by atoms with Gasteiger partial charge in [-0.3, -0.25) is 19.8 Å². The molecule has 0 aliphatic carbocycles. The van der Waals surface area contributed by atoms with E-state index >= 15 is 0 Å². The summed E-state index contributed by atoms with van der Waals surface area (Å²) in [6, 6.07) is 7.47. The number of carbonyl (C=O) groups is 3. The molecule has 1 atom stereocenters. The van der Waals surface area contributed by atoms with Gasteiger partial charge >= 0.3 is 12.2 Å². The fraction of sp³-hybridized carbons (Fsp3) is 0.357. The quantitative estimate of drug-likeness (QED) is 0.814. The summed E-state index contributed by atoms with van der Waals surface area (Å²) in [5, 5.41) is 3.14. The lowest BCUT2D eigenvalue weighted by molar-refractivity contribution is -0.203. The van der Waals surface area contributed by atoms with Crippen LogP contribution in [0.3, 0.4) is 0 Å². The van der Waals surface area contributed by atoms with E-state index in [-0.39, 0.29) is 17.7 Å². The normalized spacial score (nSPS) is 21.3. The van der Waals surface area contributed by atoms with Gasteiger partial charge in [0, 0.05) is 13.5 Å². The molecule has 1 aliphatic heterocycles. The predicted molar refractivity (Wildman–Crippen MR) is 73.0 cm³/mol. The molecule has 1 aromatic carbocycles. The van der Waals surface area contributed by atoms with Crippen LogP contribution in [0.2, 0.25) is 0 Å². The SMILES string of the molecule is CN1C(=O)NC(NC(=O)CCc2ccccc2)(C(F)(F)F)C1=O. The Morgan fingerprint density at radius 1 is 1.26 bits per heavy atom. The maximum Gasteiger partial charge on any atom is 0.440 e. The first-order chi connectivity index (χ1) is 10.7. The second-order valence-electron chi connectivity index (χ2n) is 5.08. The number of hydrogen-bond donors (Lipinski definition) is 2. The van der Waals surface area contributed by atoms with Crippen molar-refractivity contribution in [2.24, 2.45) is 0 Å². The van der Waals surface area contributed by atoms with Crippen LogP contribution >= 0.6 is 0 Å². The van der Waals surface area contributed by atoms with Gasteiger partial charge in [0.25, 0.3) is 11.6 Å². The van der Waals surface area contributed by atoms with E-state index in [0.717, 1.165) is 12.6 Å². The number of benzene rings is 1. The minimum absolute atomic E-state index is 0.207. The number of hydrogen-bond acceptors (Lipinski definition) is 3. The standard InChI is InChI=1S/C14H14F3N3O3/c1-20-11(22)13(14(15,16)17,19-12(20)23)18-10(21)8-7-9-5-3-2-4-6-9/h2-6H,7-8H2,1H3,(H,18,21)(H,19,23). The van der Waals surface area contributed by atoms with E-state index in [4.69, 9.17) is 0 Å². The second-order valence-corrected chi connectivity index (χ2v) is 5.08. The minimum Gasteiger partial charge on any atom is -0.318 e. The molecule has 0 saturated carbocycles. The molecule has 0 bridgehead atoms. The van der Waals surface area contributed by atoms with E-state index in [1.54, 1.807) is 35.6 Å². The van der Waals surface area contributed by atoms with Crippen molar-refractivity contribution in [3.63, 3.8) is 0 Å². The number of urea groups is 1. The van der Waals surface area contributed by atoms with E-state index in [9.17, 15) is 27.6 Å². The van der Waals surface area contributed by atoms with Gasteiger partial charge in [-0.05, 0) is 12.0 Å². The maximum atomic E-state index is 13.3. The number of carbonyl (C=O) groups excluding carboxylic acids is 3. The molecule has 2 N–H and O–H groups in total. The molecule has 1 saturated heterocycles. The Morgan fingerprint density at radius 3 is 2.35 bits per heavy atom. The average molecular weight is 329 g/mol. The Labute approximate surface area is 129 Å².